The number of hydrogen-bond acceptors (Lipinski definition) is 3. The molecule has 2 aromatic carbocycles. The first-order chi connectivity index (χ1) is 11.1. The minimum atomic E-state index is -0.809. The fourth-order valence-electron chi connectivity index (χ4n) is 1.85. The molecule has 0 aliphatic heterocycles. The van der Waals surface area contributed by atoms with Gasteiger partial charge in [0, 0.05) is 11.6 Å². The number of hydrogen-bond donors (Lipinski definition) is 2. The number of rotatable bonds is 5. The van der Waals surface area contributed by atoms with E-state index < -0.39 is 11.8 Å². The monoisotopic (exact) mass is 329 g/mol. The summed E-state index contributed by atoms with van der Waals surface area (Å²) in [6.45, 7) is 0.383. The molecule has 0 spiro atoms. The summed E-state index contributed by atoms with van der Waals surface area (Å²) in [5, 5.41) is 6.84. The van der Waals surface area contributed by atoms with Gasteiger partial charge in [-0.1, -0.05) is 54.1 Å². The minimum Gasteiger partial charge on any atom is -0.347 e. The Labute approximate surface area is 139 Å². The van der Waals surface area contributed by atoms with Crippen molar-refractivity contribution in [2.24, 2.45) is 5.10 Å². The highest BCUT2D eigenvalue weighted by atomic mass is 35.5. The van der Waals surface area contributed by atoms with E-state index in [1.54, 1.807) is 24.3 Å². The maximum atomic E-state index is 11.6. The van der Waals surface area contributed by atoms with Crippen LogP contribution in [-0.4, -0.2) is 24.6 Å². The zero-order chi connectivity index (χ0) is 16.5. The van der Waals surface area contributed by atoms with Crippen LogP contribution in [0.5, 0.6) is 0 Å². The van der Waals surface area contributed by atoms with Gasteiger partial charge in [-0.05, 0) is 29.7 Å². The Kier molecular flexibility index (Phi) is 6.32. The Bertz CT molecular complexity index is 702. The second kappa shape index (κ2) is 8.70. The van der Waals surface area contributed by atoms with Crippen LogP contribution in [0.4, 0.5) is 0 Å². The van der Waals surface area contributed by atoms with Gasteiger partial charge in [0.25, 0.3) is 0 Å². The zero-order valence-electron chi connectivity index (χ0n) is 12.3. The van der Waals surface area contributed by atoms with Crippen molar-refractivity contribution in [1.29, 1.82) is 0 Å². The average Bonchev–Trinajstić information content (AvgIpc) is 2.55. The Balaban J connectivity index is 1.73. The smallest absolute Gasteiger partial charge is 0.329 e. The van der Waals surface area contributed by atoms with Gasteiger partial charge in [-0.3, -0.25) is 9.59 Å². The molecule has 0 unspecified atom stereocenters. The number of benzene rings is 2. The molecule has 0 saturated heterocycles. The van der Waals surface area contributed by atoms with E-state index in [4.69, 9.17) is 11.6 Å². The Morgan fingerprint density at radius 3 is 2.57 bits per heavy atom. The topological polar surface area (TPSA) is 70.6 Å². The summed E-state index contributed by atoms with van der Waals surface area (Å²) in [6.07, 6.45) is 2.08. The zero-order valence-corrected chi connectivity index (χ0v) is 13.1. The Morgan fingerprint density at radius 1 is 1.04 bits per heavy atom. The molecule has 0 aliphatic carbocycles. The first-order valence-corrected chi connectivity index (χ1v) is 7.43. The molecule has 2 N–H and O–H groups in total. The number of carbonyl (C=O) groups excluding carboxylic acids is 2. The third-order valence-corrected chi connectivity index (χ3v) is 3.21. The van der Waals surface area contributed by atoms with Crippen molar-refractivity contribution in [3.63, 3.8) is 0 Å². The molecular formula is C17H16ClN3O2. The number of hydrazone groups is 1. The van der Waals surface area contributed by atoms with Crippen LogP contribution in [0.2, 0.25) is 5.02 Å². The lowest BCUT2D eigenvalue weighted by Crippen LogP contribution is -2.38. The highest BCUT2D eigenvalue weighted by Crippen LogP contribution is 2.08. The quantitative estimate of drug-likeness (QED) is 0.501. The summed E-state index contributed by atoms with van der Waals surface area (Å²) in [7, 11) is 0. The van der Waals surface area contributed by atoms with E-state index in [1.165, 1.54) is 6.21 Å². The molecule has 0 heterocycles. The lowest BCUT2D eigenvalue weighted by Gasteiger charge is -2.04. The van der Waals surface area contributed by atoms with E-state index in [2.05, 4.69) is 15.8 Å². The molecular weight excluding hydrogens is 314 g/mol. The number of carbonyl (C=O) groups is 2. The van der Waals surface area contributed by atoms with E-state index in [9.17, 15) is 9.59 Å². The maximum absolute atomic E-state index is 11.6. The summed E-state index contributed by atoms with van der Waals surface area (Å²) < 4.78 is 0. The maximum Gasteiger partial charge on any atom is 0.329 e. The van der Waals surface area contributed by atoms with Crippen LogP contribution >= 0.6 is 11.6 Å². The van der Waals surface area contributed by atoms with Crippen molar-refractivity contribution < 1.29 is 9.59 Å². The molecule has 2 aromatic rings. The van der Waals surface area contributed by atoms with Gasteiger partial charge >= 0.3 is 11.8 Å². The molecule has 0 radical (unpaired) electrons. The molecule has 0 aliphatic rings. The van der Waals surface area contributed by atoms with E-state index in [0.29, 0.717) is 18.0 Å². The van der Waals surface area contributed by atoms with Crippen LogP contribution in [0.15, 0.2) is 59.7 Å². The van der Waals surface area contributed by atoms with E-state index in [1.807, 2.05) is 30.3 Å². The Hall–Kier alpha value is -2.66. The summed E-state index contributed by atoms with van der Waals surface area (Å²) in [5.41, 5.74) is 3.99. The minimum absolute atomic E-state index is 0.383. The lowest BCUT2D eigenvalue weighted by atomic mass is 10.1. The van der Waals surface area contributed by atoms with Crippen LogP contribution in [0.3, 0.4) is 0 Å². The normalized spacial score (nSPS) is 10.5. The first kappa shape index (κ1) is 16.7. The fourth-order valence-corrected chi connectivity index (χ4v) is 2.05. The van der Waals surface area contributed by atoms with Crippen molar-refractivity contribution in [2.45, 2.75) is 6.42 Å². The summed E-state index contributed by atoms with van der Waals surface area (Å²) in [6, 6.07) is 16.7. The second-order valence-electron chi connectivity index (χ2n) is 4.75. The third kappa shape index (κ3) is 5.92. The van der Waals surface area contributed by atoms with Crippen LogP contribution < -0.4 is 10.7 Å². The van der Waals surface area contributed by atoms with Crippen LogP contribution in [-0.2, 0) is 16.0 Å². The van der Waals surface area contributed by atoms with E-state index in [0.717, 1.165) is 11.1 Å². The molecule has 23 heavy (non-hydrogen) atoms. The third-order valence-electron chi connectivity index (χ3n) is 2.98. The molecule has 0 aromatic heterocycles. The van der Waals surface area contributed by atoms with Crippen molar-refractivity contribution in [2.75, 3.05) is 6.54 Å². The van der Waals surface area contributed by atoms with Gasteiger partial charge in [-0.25, -0.2) is 5.43 Å². The highest BCUT2D eigenvalue weighted by molar-refractivity contribution is 6.35. The van der Waals surface area contributed by atoms with Crippen LogP contribution in [0.1, 0.15) is 11.1 Å². The SMILES string of the molecule is O=C(NCCc1ccccc1)C(=O)N/N=C\c1cccc(Cl)c1. The van der Waals surface area contributed by atoms with Gasteiger partial charge in [0.15, 0.2) is 0 Å². The second-order valence-corrected chi connectivity index (χ2v) is 5.18. The van der Waals surface area contributed by atoms with Gasteiger partial charge < -0.3 is 5.32 Å². The van der Waals surface area contributed by atoms with Gasteiger partial charge in [-0.2, -0.15) is 5.10 Å². The fraction of sp³-hybridized carbons (Fsp3) is 0.118. The van der Waals surface area contributed by atoms with Gasteiger partial charge in [0.2, 0.25) is 0 Å². The number of nitrogens with zero attached hydrogens (tertiary/aromatic N) is 1. The molecule has 2 amide bonds. The highest BCUT2D eigenvalue weighted by Gasteiger charge is 2.11. The summed E-state index contributed by atoms with van der Waals surface area (Å²) in [4.78, 5) is 23.2. The molecule has 118 valence electrons. The van der Waals surface area contributed by atoms with Crippen molar-refractivity contribution in [3.05, 3.63) is 70.7 Å². The van der Waals surface area contributed by atoms with Crippen LogP contribution in [0.25, 0.3) is 0 Å². The predicted octanol–water partition coefficient (Wildman–Crippen LogP) is 2.15. The van der Waals surface area contributed by atoms with Gasteiger partial charge in [0.1, 0.15) is 0 Å². The largest absolute Gasteiger partial charge is 0.347 e. The first-order valence-electron chi connectivity index (χ1n) is 7.06. The molecule has 6 heteroatoms. The predicted molar refractivity (Wildman–Crippen MR) is 90.3 cm³/mol. The summed E-state index contributed by atoms with van der Waals surface area (Å²) in [5.74, 6) is -1.53. The van der Waals surface area contributed by atoms with Crippen molar-refractivity contribution in [1.82, 2.24) is 10.7 Å². The van der Waals surface area contributed by atoms with Crippen molar-refractivity contribution in [3.8, 4) is 0 Å². The van der Waals surface area contributed by atoms with Crippen molar-refractivity contribution >= 4 is 29.6 Å². The number of nitrogens with one attached hydrogen (secondary N) is 2. The summed E-state index contributed by atoms with van der Waals surface area (Å²) >= 11 is 5.83. The number of amides is 2. The molecule has 0 bridgehead atoms. The standard InChI is InChI=1S/C17H16ClN3O2/c18-15-8-4-7-14(11-15)12-20-21-17(23)16(22)19-10-9-13-5-2-1-3-6-13/h1-8,11-12H,9-10H2,(H,19,22)(H,21,23)/b20-12-. The molecule has 2 rings (SSSR count). The molecule has 5 nitrogen and oxygen atoms in total. The van der Waals surface area contributed by atoms with Gasteiger partial charge in [0.05, 0.1) is 6.21 Å². The van der Waals surface area contributed by atoms with E-state index in [-0.39, 0.29) is 0 Å². The van der Waals surface area contributed by atoms with Crippen LogP contribution in [0, 0.1) is 0 Å². The molecule has 0 fully saturated rings. The lowest BCUT2D eigenvalue weighted by molar-refractivity contribution is -0.139. The average molecular weight is 330 g/mol. The molecule has 0 atom stereocenters. The number of halogens is 1. The van der Waals surface area contributed by atoms with Gasteiger partial charge in [-0.15, -0.1) is 0 Å². The molecule has 0 saturated carbocycles. The Morgan fingerprint density at radius 2 is 1.83 bits per heavy atom. The van der Waals surface area contributed by atoms with E-state index >= 15 is 0 Å².